The summed E-state index contributed by atoms with van der Waals surface area (Å²) in [5, 5.41) is -2.56. The van der Waals surface area contributed by atoms with Gasteiger partial charge in [0.2, 0.25) is 10.0 Å². The first-order chi connectivity index (χ1) is 16.1. The highest BCUT2D eigenvalue weighted by molar-refractivity contribution is 7.90. The quantitative estimate of drug-likeness (QED) is 0.683. The number of carbonyl (C=O) groups is 1. The van der Waals surface area contributed by atoms with Gasteiger partial charge < -0.3 is 14.4 Å². The van der Waals surface area contributed by atoms with Crippen molar-refractivity contribution in [3.05, 3.63) is 29.8 Å². The van der Waals surface area contributed by atoms with E-state index in [2.05, 4.69) is 4.72 Å². The van der Waals surface area contributed by atoms with Gasteiger partial charge in [0.1, 0.15) is 5.75 Å². The minimum Gasteiger partial charge on any atom is -0.483 e. The van der Waals surface area contributed by atoms with Crippen molar-refractivity contribution in [2.75, 3.05) is 19.8 Å². The van der Waals surface area contributed by atoms with Gasteiger partial charge in [-0.3, -0.25) is 4.79 Å². The number of nitrogens with one attached hydrogen (secondary N) is 1. The van der Waals surface area contributed by atoms with Crippen molar-refractivity contribution in [2.45, 2.75) is 81.0 Å². The van der Waals surface area contributed by atoms with E-state index in [9.17, 15) is 26.4 Å². The van der Waals surface area contributed by atoms with Crippen LogP contribution in [0.15, 0.2) is 24.3 Å². The van der Waals surface area contributed by atoms with Crippen molar-refractivity contribution >= 4 is 15.9 Å². The molecular weight excluding hydrogens is 473 g/mol. The molecule has 3 heterocycles. The van der Waals surface area contributed by atoms with Gasteiger partial charge >= 0.3 is 6.18 Å². The van der Waals surface area contributed by atoms with Gasteiger partial charge in [-0.15, -0.1) is 0 Å². The second kappa shape index (κ2) is 10.0. The zero-order valence-corrected chi connectivity index (χ0v) is 19.9. The van der Waals surface area contributed by atoms with Crippen molar-refractivity contribution in [2.24, 2.45) is 0 Å². The van der Waals surface area contributed by atoms with Crippen LogP contribution in [0.3, 0.4) is 0 Å². The van der Waals surface area contributed by atoms with E-state index < -0.39 is 33.5 Å². The van der Waals surface area contributed by atoms with E-state index in [1.165, 1.54) is 4.90 Å². The van der Waals surface area contributed by atoms with Crippen LogP contribution >= 0.6 is 0 Å². The summed E-state index contributed by atoms with van der Waals surface area (Å²) in [4.78, 5) is 14.6. The number of amides is 1. The van der Waals surface area contributed by atoms with E-state index in [-0.39, 0.29) is 25.2 Å². The van der Waals surface area contributed by atoms with Crippen molar-refractivity contribution in [3.63, 3.8) is 0 Å². The molecular formula is C23H31F3N2O5S. The first-order valence-corrected chi connectivity index (χ1v) is 13.3. The molecule has 4 aliphatic rings. The Labute approximate surface area is 198 Å². The largest absolute Gasteiger partial charge is 0.483 e. The molecule has 0 aromatic heterocycles. The number of nitrogens with zero attached hydrogens (tertiary/aromatic N) is 1. The Morgan fingerprint density at radius 3 is 2.53 bits per heavy atom. The third-order valence-electron chi connectivity index (χ3n) is 7.23. The maximum atomic E-state index is 13.1. The van der Waals surface area contributed by atoms with E-state index in [4.69, 9.17) is 9.47 Å². The molecule has 2 fully saturated rings. The summed E-state index contributed by atoms with van der Waals surface area (Å²) in [5.74, 6) is 0.616. The highest BCUT2D eigenvalue weighted by atomic mass is 32.2. The molecule has 11 heteroatoms. The number of alkyl halides is 3. The maximum Gasteiger partial charge on any atom is 0.406 e. The van der Waals surface area contributed by atoms with Gasteiger partial charge in [0, 0.05) is 12.6 Å². The molecule has 0 radical (unpaired) electrons. The number of hydrogen-bond acceptors (Lipinski definition) is 5. The van der Waals surface area contributed by atoms with Gasteiger partial charge in [0.05, 0.1) is 18.8 Å². The molecule has 1 amide bonds. The van der Waals surface area contributed by atoms with Crippen LogP contribution in [0, 0.1) is 0 Å². The number of piperidine rings is 1. The minimum atomic E-state index is -4.89. The van der Waals surface area contributed by atoms with Crippen molar-refractivity contribution in [1.29, 1.82) is 0 Å². The van der Waals surface area contributed by atoms with E-state index >= 15 is 0 Å². The highest BCUT2D eigenvalue weighted by Gasteiger charge is 2.47. The van der Waals surface area contributed by atoms with Crippen LogP contribution in [0.1, 0.15) is 56.9 Å². The number of carbonyl (C=O) groups excluding carboxylic acids is 1. The molecule has 2 bridgehead atoms. The fraction of sp³-hybridized carbons (Fsp3) is 0.696. The zero-order chi connectivity index (χ0) is 24.5. The van der Waals surface area contributed by atoms with Crippen molar-refractivity contribution < 1.29 is 35.9 Å². The van der Waals surface area contributed by atoms with Crippen LogP contribution in [-0.4, -0.2) is 68.6 Å². The fourth-order valence-corrected chi connectivity index (χ4v) is 6.40. The molecule has 3 atom stereocenters. The summed E-state index contributed by atoms with van der Waals surface area (Å²) in [6.07, 6.45) is -0.760. The van der Waals surface area contributed by atoms with Crippen LogP contribution in [0.5, 0.6) is 5.75 Å². The molecule has 1 aromatic carbocycles. The average Bonchev–Trinajstić information content (AvgIpc) is 2.82. The van der Waals surface area contributed by atoms with Crippen molar-refractivity contribution in [3.8, 4) is 5.75 Å². The Bertz CT molecular complexity index is 979. The van der Waals surface area contributed by atoms with Gasteiger partial charge in [0.25, 0.3) is 5.91 Å². The molecule has 1 saturated carbocycles. The van der Waals surface area contributed by atoms with E-state index in [1.807, 2.05) is 24.3 Å². The second-order valence-electron chi connectivity index (χ2n) is 9.38. The van der Waals surface area contributed by atoms with Crippen LogP contribution in [-0.2, 0) is 19.6 Å². The fourth-order valence-electron chi connectivity index (χ4n) is 5.15. The Kier molecular flexibility index (Phi) is 7.44. The first kappa shape index (κ1) is 25.2. The summed E-state index contributed by atoms with van der Waals surface area (Å²) in [6, 6.07) is 6.07. The average molecular weight is 505 g/mol. The van der Waals surface area contributed by atoms with Crippen molar-refractivity contribution in [1.82, 2.24) is 9.62 Å². The number of hydrogen-bond donors (Lipinski definition) is 1. The minimum absolute atomic E-state index is 0.0460. The molecule has 5 rings (SSSR count). The number of ether oxygens (including phenoxy) is 2. The van der Waals surface area contributed by atoms with Gasteiger partial charge in [-0.05, 0) is 63.0 Å². The summed E-state index contributed by atoms with van der Waals surface area (Å²) >= 11 is 0. The lowest BCUT2D eigenvalue weighted by atomic mass is 9.82. The molecule has 1 saturated heterocycles. The molecule has 190 valence electrons. The number of para-hydroxylation sites is 1. The Balaban J connectivity index is 1.59. The maximum absolute atomic E-state index is 13.1. The van der Waals surface area contributed by atoms with E-state index in [0.29, 0.717) is 38.0 Å². The topological polar surface area (TPSA) is 84.9 Å². The third-order valence-corrected chi connectivity index (χ3v) is 9.06. The first-order valence-electron chi connectivity index (χ1n) is 11.8. The van der Waals surface area contributed by atoms with Crippen LogP contribution in [0.2, 0.25) is 0 Å². The summed E-state index contributed by atoms with van der Waals surface area (Å²) in [7, 11) is -4.69. The molecule has 1 N–H and O–H groups in total. The van der Waals surface area contributed by atoms with Gasteiger partial charge in [-0.2, -0.15) is 13.2 Å². The highest BCUT2D eigenvalue weighted by Crippen LogP contribution is 2.39. The lowest BCUT2D eigenvalue weighted by molar-refractivity contribution is -0.140. The number of sulfonamides is 1. The molecule has 3 aliphatic heterocycles. The predicted octanol–water partition coefficient (Wildman–Crippen LogP) is 3.35. The molecule has 1 aromatic rings. The molecule has 34 heavy (non-hydrogen) atoms. The lowest BCUT2D eigenvalue weighted by Gasteiger charge is -2.42. The summed E-state index contributed by atoms with van der Waals surface area (Å²) in [5.41, 5.74) is 1.06. The standard InChI is InChI=1S/C23H31F3N2O5S/c1-15(23(24,25)26)34(30,31)27-19-6-4-12-28-20(19)13-32-17-10-8-16(9-11-17)18-5-2-3-7-21(18)33-14-22(28)29/h2-3,5,7,15-17,19-20,27H,4,6,8-14H2,1H3/t15-,16?,17?,19-,20-/m0/s1. The SMILES string of the molecule is C[C@@H](C(F)(F)F)S(=O)(=O)N[C@H]1CCCN2C(=O)COc3ccccc3C3CCC(CC3)OC[C@@H]12. The lowest BCUT2D eigenvalue weighted by Crippen LogP contribution is -2.61. The van der Waals surface area contributed by atoms with Gasteiger partial charge in [0.15, 0.2) is 11.9 Å². The number of fused-ring (bicyclic) bond motifs is 5. The smallest absolute Gasteiger partial charge is 0.406 e. The summed E-state index contributed by atoms with van der Waals surface area (Å²) < 4.78 is 78.7. The van der Waals surface area contributed by atoms with Gasteiger partial charge in [-0.25, -0.2) is 13.1 Å². The number of halogens is 3. The molecule has 7 nitrogen and oxygen atoms in total. The van der Waals surface area contributed by atoms with Gasteiger partial charge in [-0.1, -0.05) is 18.2 Å². The Morgan fingerprint density at radius 2 is 1.82 bits per heavy atom. The van der Waals surface area contributed by atoms with Crippen LogP contribution in [0.4, 0.5) is 13.2 Å². The molecule has 1 aliphatic carbocycles. The Hall–Kier alpha value is -1.85. The van der Waals surface area contributed by atoms with E-state index in [1.54, 1.807) is 0 Å². The second-order valence-corrected chi connectivity index (χ2v) is 11.4. The predicted molar refractivity (Wildman–Crippen MR) is 119 cm³/mol. The van der Waals surface area contributed by atoms with E-state index in [0.717, 1.165) is 31.2 Å². The third kappa shape index (κ3) is 5.52. The molecule has 0 spiro atoms. The number of rotatable bonds is 3. The molecule has 0 unspecified atom stereocenters. The summed E-state index contributed by atoms with van der Waals surface area (Å²) in [6.45, 7) is 0.806. The number of benzene rings is 1. The van der Waals surface area contributed by atoms with Crippen LogP contribution < -0.4 is 9.46 Å². The normalized spacial score (nSPS) is 29.6. The Morgan fingerprint density at radius 1 is 1.12 bits per heavy atom. The van der Waals surface area contributed by atoms with Crippen LogP contribution in [0.25, 0.3) is 0 Å². The zero-order valence-electron chi connectivity index (χ0n) is 19.1. The monoisotopic (exact) mass is 504 g/mol.